The number of hydrogen-bond acceptors (Lipinski definition) is 3. The van der Waals surface area contributed by atoms with E-state index in [9.17, 15) is 0 Å². The van der Waals surface area contributed by atoms with Gasteiger partial charge in [0.2, 0.25) is 0 Å². The SMILES string of the molecule is CCCCCCOc1ccccc1-c1ccc(N)cn1. The number of benzene rings is 1. The first-order valence-electron chi connectivity index (χ1n) is 7.25. The average molecular weight is 270 g/mol. The van der Waals surface area contributed by atoms with E-state index in [4.69, 9.17) is 10.5 Å². The molecule has 0 bridgehead atoms. The fourth-order valence-corrected chi connectivity index (χ4v) is 2.08. The van der Waals surface area contributed by atoms with Crippen LogP contribution in [0.15, 0.2) is 42.6 Å². The van der Waals surface area contributed by atoms with Gasteiger partial charge in [-0.25, -0.2) is 0 Å². The summed E-state index contributed by atoms with van der Waals surface area (Å²) in [6.45, 7) is 2.97. The highest BCUT2D eigenvalue weighted by atomic mass is 16.5. The van der Waals surface area contributed by atoms with Crippen LogP contribution in [0.1, 0.15) is 32.6 Å². The van der Waals surface area contributed by atoms with Crippen LogP contribution in [0.3, 0.4) is 0 Å². The first-order chi connectivity index (χ1) is 9.81. The third kappa shape index (κ3) is 3.98. The molecule has 0 aliphatic rings. The second-order valence-corrected chi connectivity index (χ2v) is 4.88. The van der Waals surface area contributed by atoms with Crippen molar-refractivity contribution in [2.24, 2.45) is 0 Å². The number of anilines is 1. The lowest BCUT2D eigenvalue weighted by atomic mass is 10.1. The lowest BCUT2D eigenvalue weighted by molar-refractivity contribution is 0.306. The monoisotopic (exact) mass is 270 g/mol. The molecule has 0 fully saturated rings. The van der Waals surface area contributed by atoms with E-state index in [1.54, 1.807) is 6.20 Å². The normalized spacial score (nSPS) is 10.4. The molecular weight excluding hydrogens is 248 g/mol. The lowest BCUT2D eigenvalue weighted by Crippen LogP contribution is -1.99. The minimum Gasteiger partial charge on any atom is -0.493 e. The molecule has 3 heteroatoms. The van der Waals surface area contributed by atoms with E-state index < -0.39 is 0 Å². The number of pyridine rings is 1. The molecule has 0 aliphatic carbocycles. The molecule has 106 valence electrons. The first kappa shape index (κ1) is 14.4. The van der Waals surface area contributed by atoms with Crippen molar-refractivity contribution >= 4 is 5.69 Å². The number of para-hydroxylation sites is 1. The van der Waals surface area contributed by atoms with Crippen LogP contribution in [0.25, 0.3) is 11.3 Å². The van der Waals surface area contributed by atoms with Crippen LogP contribution in [0, 0.1) is 0 Å². The standard InChI is InChI=1S/C17H22N2O/c1-2-3-4-7-12-20-17-9-6-5-8-15(17)16-11-10-14(18)13-19-16/h5-6,8-11,13H,2-4,7,12,18H2,1H3. The molecule has 0 atom stereocenters. The maximum Gasteiger partial charge on any atom is 0.128 e. The minimum absolute atomic E-state index is 0.673. The molecule has 0 radical (unpaired) electrons. The molecule has 0 saturated heterocycles. The van der Waals surface area contributed by atoms with Crippen LogP contribution in [-0.2, 0) is 0 Å². The van der Waals surface area contributed by atoms with Crippen molar-refractivity contribution in [3.05, 3.63) is 42.6 Å². The van der Waals surface area contributed by atoms with Gasteiger partial charge >= 0.3 is 0 Å². The molecule has 2 aromatic rings. The smallest absolute Gasteiger partial charge is 0.128 e. The number of aromatic nitrogens is 1. The number of nitrogens with two attached hydrogens (primary N) is 1. The summed E-state index contributed by atoms with van der Waals surface area (Å²) < 4.78 is 5.90. The zero-order chi connectivity index (χ0) is 14.2. The van der Waals surface area contributed by atoms with Gasteiger partial charge in [0.15, 0.2) is 0 Å². The van der Waals surface area contributed by atoms with Gasteiger partial charge in [-0.3, -0.25) is 4.98 Å². The van der Waals surface area contributed by atoms with Gasteiger partial charge in [0.1, 0.15) is 5.75 Å². The van der Waals surface area contributed by atoms with Gasteiger partial charge in [-0.15, -0.1) is 0 Å². The van der Waals surface area contributed by atoms with E-state index >= 15 is 0 Å². The molecule has 2 N–H and O–H groups in total. The lowest BCUT2D eigenvalue weighted by Gasteiger charge is -2.11. The number of unbranched alkanes of at least 4 members (excludes halogenated alkanes) is 3. The quantitative estimate of drug-likeness (QED) is 0.763. The van der Waals surface area contributed by atoms with Crippen molar-refractivity contribution in [1.82, 2.24) is 4.98 Å². The Morgan fingerprint density at radius 2 is 1.90 bits per heavy atom. The minimum atomic E-state index is 0.673. The van der Waals surface area contributed by atoms with E-state index in [0.29, 0.717) is 5.69 Å². The highest BCUT2D eigenvalue weighted by molar-refractivity contribution is 5.67. The van der Waals surface area contributed by atoms with E-state index in [2.05, 4.69) is 11.9 Å². The Kier molecular flexibility index (Phi) is 5.42. The maximum atomic E-state index is 5.90. The Morgan fingerprint density at radius 1 is 1.05 bits per heavy atom. The molecule has 0 unspecified atom stereocenters. The van der Waals surface area contributed by atoms with Crippen LogP contribution in [0.4, 0.5) is 5.69 Å². The summed E-state index contributed by atoms with van der Waals surface area (Å²) in [6.07, 6.45) is 6.50. The number of hydrogen-bond donors (Lipinski definition) is 1. The molecule has 0 amide bonds. The summed E-state index contributed by atoms with van der Waals surface area (Å²) in [7, 11) is 0. The summed E-state index contributed by atoms with van der Waals surface area (Å²) >= 11 is 0. The fourth-order valence-electron chi connectivity index (χ4n) is 2.08. The molecule has 1 aromatic heterocycles. The van der Waals surface area contributed by atoms with Crippen molar-refractivity contribution in [3.8, 4) is 17.0 Å². The van der Waals surface area contributed by atoms with E-state index in [1.165, 1.54) is 19.3 Å². The van der Waals surface area contributed by atoms with Gasteiger partial charge in [0.05, 0.1) is 24.2 Å². The van der Waals surface area contributed by atoms with Crippen LogP contribution in [0.2, 0.25) is 0 Å². The Labute approximate surface area is 120 Å². The zero-order valence-corrected chi connectivity index (χ0v) is 12.0. The molecule has 20 heavy (non-hydrogen) atoms. The highest BCUT2D eigenvalue weighted by Gasteiger charge is 2.06. The third-order valence-corrected chi connectivity index (χ3v) is 3.20. The molecule has 0 saturated carbocycles. The molecule has 0 aliphatic heterocycles. The summed E-state index contributed by atoms with van der Waals surface area (Å²) in [5, 5.41) is 0. The van der Waals surface area contributed by atoms with Gasteiger partial charge in [0.25, 0.3) is 0 Å². The first-order valence-corrected chi connectivity index (χ1v) is 7.25. The van der Waals surface area contributed by atoms with E-state index in [-0.39, 0.29) is 0 Å². The van der Waals surface area contributed by atoms with Crippen molar-refractivity contribution in [1.29, 1.82) is 0 Å². The van der Waals surface area contributed by atoms with Crippen molar-refractivity contribution < 1.29 is 4.74 Å². The number of rotatable bonds is 7. The Morgan fingerprint density at radius 3 is 2.65 bits per heavy atom. The van der Waals surface area contributed by atoms with Crippen molar-refractivity contribution in [2.75, 3.05) is 12.3 Å². The maximum absolute atomic E-state index is 5.90. The van der Waals surface area contributed by atoms with E-state index in [0.717, 1.165) is 30.0 Å². The number of ether oxygens (including phenoxy) is 1. The molecule has 3 nitrogen and oxygen atoms in total. The van der Waals surface area contributed by atoms with Crippen LogP contribution >= 0.6 is 0 Å². The molecule has 0 spiro atoms. The number of nitrogen functional groups attached to an aromatic ring is 1. The second-order valence-electron chi connectivity index (χ2n) is 4.88. The van der Waals surface area contributed by atoms with Crippen LogP contribution in [0.5, 0.6) is 5.75 Å². The predicted octanol–water partition coefficient (Wildman–Crippen LogP) is 4.29. The average Bonchev–Trinajstić information content (AvgIpc) is 2.48. The Hall–Kier alpha value is -2.03. The summed E-state index contributed by atoms with van der Waals surface area (Å²) in [4.78, 5) is 4.36. The Bertz CT molecular complexity index is 523. The summed E-state index contributed by atoms with van der Waals surface area (Å²) in [5.41, 5.74) is 8.26. The summed E-state index contributed by atoms with van der Waals surface area (Å²) in [6, 6.07) is 11.8. The number of nitrogens with zero attached hydrogens (tertiary/aromatic N) is 1. The predicted molar refractivity (Wildman–Crippen MR) is 83.7 cm³/mol. The van der Waals surface area contributed by atoms with Gasteiger partial charge in [-0.1, -0.05) is 38.3 Å². The molecule has 2 rings (SSSR count). The highest BCUT2D eigenvalue weighted by Crippen LogP contribution is 2.28. The largest absolute Gasteiger partial charge is 0.493 e. The Balaban J connectivity index is 2.04. The second kappa shape index (κ2) is 7.53. The van der Waals surface area contributed by atoms with E-state index in [1.807, 2.05) is 36.4 Å². The van der Waals surface area contributed by atoms with Gasteiger partial charge < -0.3 is 10.5 Å². The van der Waals surface area contributed by atoms with Crippen LogP contribution in [-0.4, -0.2) is 11.6 Å². The third-order valence-electron chi connectivity index (χ3n) is 3.20. The fraction of sp³-hybridized carbons (Fsp3) is 0.353. The van der Waals surface area contributed by atoms with Gasteiger partial charge in [0, 0.05) is 5.56 Å². The topological polar surface area (TPSA) is 48.1 Å². The van der Waals surface area contributed by atoms with Gasteiger partial charge in [-0.05, 0) is 30.7 Å². The van der Waals surface area contributed by atoms with Crippen molar-refractivity contribution in [3.63, 3.8) is 0 Å². The zero-order valence-electron chi connectivity index (χ0n) is 12.0. The summed E-state index contributed by atoms with van der Waals surface area (Å²) in [5.74, 6) is 0.890. The van der Waals surface area contributed by atoms with Crippen LogP contribution < -0.4 is 10.5 Å². The van der Waals surface area contributed by atoms with Gasteiger partial charge in [-0.2, -0.15) is 0 Å². The van der Waals surface area contributed by atoms with Crippen molar-refractivity contribution in [2.45, 2.75) is 32.6 Å². The molecular formula is C17H22N2O. The molecule has 1 heterocycles. The molecule has 1 aromatic carbocycles.